The van der Waals surface area contributed by atoms with Gasteiger partial charge in [-0.15, -0.1) is 11.3 Å². The number of piperidine rings is 1. The molecule has 1 fully saturated rings. The van der Waals surface area contributed by atoms with Gasteiger partial charge in [-0.05, 0) is 26.7 Å². The fourth-order valence-corrected chi connectivity index (χ4v) is 3.78. The molecule has 1 aromatic heterocycles. The summed E-state index contributed by atoms with van der Waals surface area (Å²) in [5.74, 6) is 1.15. The Balaban J connectivity index is 1.80. The van der Waals surface area contributed by atoms with Crippen LogP contribution < -0.4 is 10.6 Å². The first-order valence-electron chi connectivity index (χ1n) is 8.59. The number of hydrogen-bond donors (Lipinski definition) is 2. The summed E-state index contributed by atoms with van der Waals surface area (Å²) in [6, 6.07) is 0.358. The second kappa shape index (κ2) is 8.46. The third-order valence-electron chi connectivity index (χ3n) is 4.28. The number of aliphatic imine (C=N–C) groups is 1. The van der Waals surface area contributed by atoms with Gasteiger partial charge in [0.05, 0.1) is 17.2 Å². The number of hydrogen-bond acceptors (Lipinski definition) is 4. The molecule has 0 spiro atoms. The molecule has 0 radical (unpaired) electrons. The van der Waals surface area contributed by atoms with Crippen molar-refractivity contribution in [1.29, 1.82) is 0 Å². The van der Waals surface area contributed by atoms with E-state index in [9.17, 15) is 4.79 Å². The predicted molar refractivity (Wildman–Crippen MR) is 99.4 cm³/mol. The van der Waals surface area contributed by atoms with E-state index in [4.69, 9.17) is 0 Å². The van der Waals surface area contributed by atoms with Crippen LogP contribution in [-0.2, 0) is 11.3 Å². The number of aryl methyl sites for hydroxylation is 2. The summed E-state index contributed by atoms with van der Waals surface area (Å²) < 4.78 is 0. The Labute approximate surface area is 148 Å². The van der Waals surface area contributed by atoms with E-state index in [2.05, 4.69) is 20.6 Å². The van der Waals surface area contributed by atoms with E-state index >= 15 is 0 Å². The standard InChI is InChI=1S/C17H29N5OS/c1-11(2)16(23)22-8-6-14(7-9-22)21-17(18-5)19-10-15-12(3)20-13(4)24-15/h11,14H,6-10H2,1-5H3,(H2,18,19,21). The predicted octanol–water partition coefficient (Wildman–Crippen LogP) is 2.07. The first-order valence-corrected chi connectivity index (χ1v) is 9.41. The number of nitrogens with zero attached hydrogens (tertiary/aromatic N) is 3. The molecule has 24 heavy (non-hydrogen) atoms. The topological polar surface area (TPSA) is 69.6 Å². The highest BCUT2D eigenvalue weighted by Crippen LogP contribution is 2.17. The van der Waals surface area contributed by atoms with Crippen LogP contribution >= 0.6 is 11.3 Å². The van der Waals surface area contributed by atoms with Crippen molar-refractivity contribution < 1.29 is 4.79 Å². The summed E-state index contributed by atoms with van der Waals surface area (Å²) in [5.41, 5.74) is 1.08. The van der Waals surface area contributed by atoms with Gasteiger partial charge in [0.15, 0.2) is 5.96 Å². The van der Waals surface area contributed by atoms with Gasteiger partial charge < -0.3 is 15.5 Å². The van der Waals surface area contributed by atoms with Crippen molar-refractivity contribution in [3.63, 3.8) is 0 Å². The monoisotopic (exact) mass is 351 g/mol. The van der Waals surface area contributed by atoms with Crippen molar-refractivity contribution in [1.82, 2.24) is 20.5 Å². The molecule has 0 aromatic carbocycles. The summed E-state index contributed by atoms with van der Waals surface area (Å²) in [5, 5.41) is 7.94. The maximum absolute atomic E-state index is 12.0. The number of amides is 1. The highest BCUT2D eigenvalue weighted by molar-refractivity contribution is 7.11. The third kappa shape index (κ3) is 4.93. The number of carbonyl (C=O) groups excluding carboxylic acids is 1. The maximum Gasteiger partial charge on any atom is 0.225 e. The van der Waals surface area contributed by atoms with E-state index in [1.807, 2.05) is 32.6 Å². The van der Waals surface area contributed by atoms with E-state index in [-0.39, 0.29) is 11.8 Å². The van der Waals surface area contributed by atoms with Gasteiger partial charge in [0.1, 0.15) is 0 Å². The molecule has 0 aliphatic carbocycles. The zero-order chi connectivity index (χ0) is 17.7. The van der Waals surface area contributed by atoms with Gasteiger partial charge in [0.25, 0.3) is 0 Å². The zero-order valence-electron chi connectivity index (χ0n) is 15.3. The minimum absolute atomic E-state index is 0.0787. The van der Waals surface area contributed by atoms with Crippen LogP contribution in [0.5, 0.6) is 0 Å². The maximum atomic E-state index is 12.0. The van der Waals surface area contributed by atoms with Crippen LogP contribution in [0.2, 0.25) is 0 Å². The lowest BCUT2D eigenvalue weighted by Crippen LogP contribution is -2.50. The number of carbonyl (C=O) groups is 1. The summed E-state index contributed by atoms with van der Waals surface area (Å²) >= 11 is 1.72. The molecule has 2 rings (SSSR count). The molecular weight excluding hydrogens is 322 g/mol. The van der Waals surface area contributed by atoms with Crippen LogP contribution in [0, 0.1) is 19.8 Å². The number of guanidine groups is 1. The van der Waals surface area contributed by atoms with Gasteiger partial charge in [0, 0.05) is 37.0 Å². The number of rotatable bonds is 4. The largest absolute Gasteiger partial charge is 0.354 e. The molecule has 0 unspecified atom stereocenters. The second-order valence-electron chi connectivity index (χ2n) is 6.57. The molecule has 1 aliphatic heterocycles. The summed E-state index contributed by atoms with van der Waals surface area (Å²) in [6.45, 7) is 10.4. The van der Waals surface area contributed by atoms with Crippen molar-refractivity contribution in [2.45, 2.75) is 53.1 Å². The van der Waals surface area contributed by atoms with Crippen molar-refractivity contribution >= 4 is 23.2 Å². The Morgan fingerprint density at radius 3 is 2.54 bits per heavy atom. The SMILES string of the molecule is CN=C(NCc1sc(C)nc1C)NC1CCN(C(=O)C(C)C)CC1. The molecule has 0 bridgehead atoms. The molecule has 1 amide bonds. The van der Waals surface area contributed by atoms with E-state index in [1.165, 1.54) is 4.88 Å². The van der Waals surface area contributed by atoms with Gasteiger partial charge in [-0.25, -0.2) is 4.98 Å². The Morgan fingerprint density at radius 1 is 1.38 bits per heavy atom. The molecule has 0 atom stereocenters. The third-order valence-corrected chi connectivity index (χ3v) is 5.35. The first kappa shape index (κ1) is 18.7. The van der Waals surface area contributed by atoms with Gasteiger partial charge in [0.2, 0.25) is 5.91 Å². The Bertz CT molecular complexity index is 588. The zero-order valence-corrected chi connectivity index (χ0v) is 16.2. The van der Waals surface area contributed by atoms with Gasteiger partial charge in [-0.1, -0.05) is 13.8 Å². The van der Waals surface area contributed by atoms with E-state index in [1.54, 1.807) is 18.4 Å². The Morgan fingerprint density at radius 2 is 2.04 bits per heavy atom. The quantitative estimate of drug-likeness (QED) is 0.644. The minimum Gasteiger partial charge on any atom is -0.354 e. The van der Waals surface area contributed by atoms with Gasteiger partial charge in [-0.2, -0.15) is 0 Å². The van der Waals surface area contributed by atoms with Crippen LogP contribution in [0.1, 0.15) is 42.3 Å². The van der Waals surface area contributed by atoms with Gasteiger partial charge in [-0.3, -0.25) is 9.79 Å². The van der Waals surface area contributed by atoms with Gasteiger partial charge >= 0.3 is 0 Å². The fraction of sp³-hybridized carbons (Fsp3) is 0.706. The molecule has 2 N–H and O–H groups in total. The molecule has 0 saturated carbocycles. The Hall–Kier alpha value is -1.63. The summed E-state index contributed by atoms with van der Waals surface area (Å²) in [7, 11) is 1.79. The van der Waals surface area contributed by atoms with Crippen molar-refractivity contribution in [2.75, 3.05) is 20.1 Å². The lowest BCUT2D eigenvalue weighted by atomic mass is 10.0. The minimum atomic E-state index is 0.0787. The molecule has 1 aliphatic rings. The molecule has 134 valence electrons. The lowest BCUT2D eigenvalue weighted by molar-refractivity contribution is -0.135. The van der Waals surface area contributed by atoms with Crippen LogP contribution in [-0.4, -0.2) is 47.9 Å². The average molecular weight is 352 g/mol. The molecule has 6 nitrogen and oxygen atoms in total. The Kier molecular flexibility index (Phi) is 6.60. The lowest BCUT2D eigenvalue weighted by Gasteiger charge is -2.34. The fourth-order valence-electron chi connectivity index (χ4n) is 2.90. The van der Waals surface area contributed by atoms with Crippen LogP contribution in [0.25, 0.3) is 0 Å². The molecular formula is C17H29N5OS. The number of aromatic nitrogens is 1. The smallest absolute Gasteiger partial charge is 0.225 e. The van der Waals surface area contributed by atoms with E-state index < -0.39 is 0 Å². The van der Waals surface area contributed by atoms with Crippen LogP contribution in [0.4, 0.5) is 0 Å². The van der Waals surface area contributed by atoms with Crippen LogP contribution in [0.3, 0.4) is 0 Å². The summed E-state index contributed by atoms with van der Waals surface area (Å²) in [6.07, 6.45) is 1.91. The molecule has 7 heteroatoms. The average Bonchev–Trinajstić information content (AvgIpc) is 2.88. The number of thiazole rings is 1. The first-order chi connectivity index (χ1) is 11.4. The number of likely N-dealkylation sites (tertiary alicyclic amines) is 1. The number of nitrogens with one attached hydrogen (secondary N) is 2. The summed E-state index contributed by atoms with van der Waals surface area (Å²) in [4.78, 5) is 24.0. The van der Waals surface area contributed by atoms with Crippen molar-refractivity contribution in [3.05, 3.63) is 15.6 Å². The van der Waals surface area contributed by atoms with Crippen molar-refractivity contribution in [2.24, 2.45) is 10.9 Å². The molecule has 1 saturated heterocycles. The van der Waals surface area contributed by atoms with Crippen LogP contribution in [0.15, 0.2) is 4.99 Å². The highest BCUT2D eigenvalue weighted by Gasteiger charge is 2.24. The van der Waals surface area contributed by atoms with E-state index in [0.29, 0.717) is 6.04 Å². The second-order valence-corrected chi connectivity index (χ2v) is 7.85. The highest BCUT2D eigenvalue weighted by atomic mass is 32.1. The molecule has 2 heterocycles. The van der Waals surface area contributed by atoms with E-state index in [0.717, 1.165) is 49.1 Å². The molecule has 1 aromatic rings. The normalized spacial score (nSPS) is 16.6. The van der Waals surface area contributed by atoms with Crippen molar-refractivity contribution in [3.8, 4) is 0 Å².